The molecule has 0 aliphatic carbocycles. The minimum Gasteiger partial charge on any atom is -0.384 e. The molecule has 5 nitrogen and oxygen atoms in total. The number of aliphatic hydroxyl groups is 1. The van der Waals surface area contributed by atoms with E-state index in [1.165, 1.54) is 0 Å². The SMILES string of the molecule is Cc1cccc(NC(=O)C(=O)NC[C@@](C)(O)c2ccc(-c3ccccc3)cc2)c1. The number of hydrogen-bond acceptors (Lipinski definition) is 3. The van der Waals surface area contributed by atoms with Gasteiger partial charge in [0, 0.05) is 5.69 Å². The molecule has 0 saturated heterocycles. The average Bonchev–Trinajstić information content (AvgIpc) is 2.73. The highest BCUT2D eigenvalue weighted by atomic mass is 16.3. The van der Waals surface area contributed by atoms with Crippen molar-refractivity contribution in [3.63, 3.8) is 0 Å². The Morgan fingerprint density at radius 1 is 0.862 bits per heavy atom. The predicted molar refractivity (Wildman–Crippen MR) is 114 cm³/mol. The normalized spacial score (nSPS) is 12.7. The largest absolute Gasteiger partial charge is 0.384 e. The van der Waals surface area contributed by atoms with E-state index in [9.17, 15) is 14.7 Å². The van der Waals surface area contributed by atoms with Crippen LogP contribution in [0.25, 0.3) is 11.1 Å². The lowest BCUT2D eigenvalue weighted by atomic mass is 9.93. The fraction of sp³-hybridized carbons (Fsp3) is 0.167. The summed E-state index contributed by atoms with van der Waals surface area (Å²) in [5, 5.41) is 15.8. The second-order valence-corrected chi connectivity index (χ2v) is 7.22. The van der Waals surface area contributed by atoms with Crippen LogP contribution in [-0.2, 0) is 15.2 Å². The van der Waals surface area contributed by atoms with Gasteiger partial charge in [0.15, 0.2) is 0 Å². The van der Waals surface area contributed by atoms with Crippen molar-refractivity contribution in [2.75, 3.05) is 11.9 Å². The maximum Gasteiger partial charge on any atom is 0.313 e. The summed E-state index contributed by atoms with van der Waals surface area (Å²) in [4.78, 5) is 24.2. The Morgan fingerprint density at radius 3 is 2.17 bits per heavy atom. The van der Waals surface area contributed by atoms with E-state index in [-0.39, 0.29) is 6.54 Å². The van der Waals surface area contributed by atoms with Crippen molar-refractivity contribution in [3.8, 4) is 11.1 Å². The van der Waals surface area contributed by atoms with Gasteiger partial charge in [-0.05, 0) is 48.2 Å². The van der Waals surface area contributed by atoms with Crippen LogP contribution in [0.5, 0.6) is 0 Å². The number of aryl methyl sites for hydroxylation is 1. The zero-order valence-corrected chi connectivity index (χ0v) is 16.5. The molecule has 0 fully saturated rings. The smallest absolute Gasteiger partial charge is 0.313 e. The van der Waals surface area contributed by atoms with E-state index in [1.807, 2.05) is 67.6 Å². The van der Waals surface area contributed by atoms with E-state index in [4.69, 9.17) is 0 Å². The molecule has 0 aromatic heterocycles. The molecule has 29 heavy (non-hydrogen) atoms. The van der Waals surface area contributed by atoms with E-state index < -0.39 is 17.4 Å². The zero-order valence-electron chi connectivity index (χ0n) is 16.5. The molecule has 0 spiro atoms. The van der Waals surface area contributed by atoms with Crippen molar-refractivity contribution in [1.82, 2.24) is 5.32 Å². The van der Waals surface area contributed by atoms with E-state index >= 15 is 0 Å². The van der Waals surface area contributed by atoms with Crippen LogP contribution in [0, 0.1) is 6.92 Å². The van der Waals surface area contributed by atoms with Gasteiger partial charge in [0.1, 0.15) is 5.60 Å². The first-order chi connectivity index (χ1) is 13.8. The van der Waals surface area contributed by atoms with Gasteiger partial charge in [0.25, 0.3) is 0 Å². The first kappa shape index (κ1) is 20.3. The highest BCUT2D eigenvalue weighted by Crippen LogP contribution is 2.24. The van der Waals surface area contributed by atoms with Crippen LogP contribution in [0.2, 0.25) is 0 Å². The molecular formula is C24H24N2O3. The summed E-state index contributed by atoms with van der Waals surface area (Å²) in [6.45, 7) is 3.41. The Bertz CT molecular complexity index is 996. The quantitative estimate of drug-likeness (QED) is 0.584. The van der Waals surface area contributed by atoms with Crippen LogP contribution >= 0.6 is 0 Å². The van der Waals surface area contributed by atoms with Crippen molar-refractivity contribution >= 4 is 17.5 Å². The number of carbonyl (C=O) groups is 2. The molecular weight excluding hydrogens is 364 g/mol. The average molecular weight is 388 g/mol. The maximum atomic E-state index is 12.1. The monoisotopic (exact) mass is 388 g/mol. The molecule has 0 heterocycles. The number of anilines is 1. The van der Waals surface area contributed by atoms with Gasteiger partial charge in [0.2, 0.25) is 0 Å². The molecule has 148 valence electrons. The molecule has 0 aliphatic rings. The number of nitrogens with one attached hydrogen (secondary N) is 2. The van der Waals surface area contributed by atoms with Crippen LogP contribution < -0.4 is 10.6 Å². The summed E-state index contributed by atoms with van der Waals surface area (Å²) in [5.74, 6) is -1.57. The molecule has 5 heteroatoms. The third-order valence-electron chi connectivity index (χ3n) is 4.69. The van der Waals surface area contributed by atoms with E-state index in [1.54, 1.807) is 25.1 Å². The minimum absolute atomic E-state index is 0.0856. The van der Waals surface area contributed by atoms with Crippen molar-refractivity contribution in [2.24, 2.45) is 0 Å². The number of carbonyl (C=O) groups excluding carboxylic acids is 2. The first-order valence-corrected chi connectivity index (χ1v) is 9.39. The number of amides is 2. The summed E-state index contributed by atoms with van der Waals surface area (Å²) in [6, 6.07) is 24.6. The fourth-order valence-corrected chi connectivity index (χ4v) is 3.00. The van der Waals surface area contributed by atoms with Crippen molar-refractivity contribution in [2.45, 2.75) is 19.4 Å². The Hall–Kier alpha value is -3.44. The molecule has 2 amide bonds. The van der Waals surface area contributed by atoms with E-state index in [0.29, 0.717) is 11.3 Å². The van der Waals surface area contributed by atoms with Crippen molar-refractivity contribution in [3.05, 3.63) is 90.0 Å². The highest BCUT2D eigenvalue weighted by Gasteiger charge is 2.25. The van der Waals surface area contributed by atoms with Gasteiger partial charge in [-0.1, -0.05) is 66.7 Å². The van der Waals surface area contributed by atoms with Crippen molar-refractivity contribution < 1.29 is 14.7 Å². The van der Waals surface area contributed by atoms with Gasteiger partial charge in [-0.15, -0.1) is 0 Å². The lowest BCUT2D eigenvalue weighted by molar-refractivity contribution is -0.136. The molecule has 0 saturated carbocycles. The highest BCUT2D eigenvalue weighted by molar-refractivity contribution is 6.39. The molecule has 0 radical (unpaired) electrons. The van der Waals surface area contributed by atoms with Crippen LogP contribution in [0.15, 0.2) is 78.9 Å². The second kappa shape index (κ2) is 8.71. The van der Waals surface area contributed by atoms with E-state index in [2.05, 4.69) is 10.6 Å². The molecule has 3 N–H and O–H groups in total. The standard InChI is InChI=1S/C24H24N2O3/c1-17-7-6-10-21(15-17)26-23(28)22(27)25-16-24(2,29)20-13-11-19(12-14-20)18-8-4-3-5-9-18/h3-15,29H,16H2,1-2H3,(H,25,27)(H,26,28)/t24-/m1/s1. The minimum atomic E-state index is -1.31. The van der Waals surface area contributed by atoms with Crippen LogP contribution in [0.4, 0.5) is 5.69 Å². The Balaban J connectivity index is 1.60. The molecule has 3 aromatic rings. The predicted octanol–water partition coefficient (Wildman–Crippen LogP) is 3.62. The molecule has 3 aromatic carbocycles. The Kier molecular flexibility index (Phi) is 6.10. The molecule has 0 bridgehead atoms. The van der Waals surface area contributed by atoms with Gasteiger partial charge in [-0.3, -0.25) is 9.59 Å². The Labute approximate surface area is 170 Å². The number of benzene rings is 3. The topological polar surface area (TPSA) is 78.4 Å². The second-order valence-electron chi connectivity index (χ2n) is 7.22. The lowest BCUT2D eigenvalue weighted by Crippen LogP contribution is -2.43. The van der Waals surface area contributed by atoms with Crippen molar-refractivity contribution in [1.29, 1.82) is 0 Å². The first-order valence-electron chi connectivity index (χ1n) is 9.39. The van der Waals surface area contributed by atoms with Crippen LogP contribution in [-0.4, -0.2) is 23.5 Å². The van der Waals surface area contributed by atoms with Gasteiger partial charge < -0.3 is 15.7 Å². The molecule has 0 unspecified atom stereocenters. The van der Waals surface area contributed by atoms with Gasteiger partial charge in [-0.2, -0.15) is 0 Å². The fourth-order valence-electron chi connectivity index (χ4n) is 3.00. The molecule has 0 aliphatic heterocycles. The summed E-state index contributed by atoms with van der Waals surface area (Å²) < 4.78 is 0. The zero-order chi connectivity index (χ0) is 20.9. The third kappa shape index (κ3) is 5.30. The summed E-state index contributed by atoms with van der Waals surface area (Å²) in [7, 11) is 0. The Morgan fingerprint density at radius 2 is 1.52 bits per heavy atom. The number of rotatable bonds is 5. The van der Waals surface area contributed by atoms with Crippen LogP contribution in [0.3, 0.4) is 0 Å². The summed E-state index contributed by atoms with van der Waals surface area (Å²) in [5.41, 5.74) is 2.98. The van der Waals surface area contributed by atoms with Gasteiger partial charge in [-0.25, -0.2) is 0 Å². The summed E-state index contributed by atoms with van der Waals surface area (Å²) in [6.07, 6.45) is 0. The molecule has 1 atom stereocenters. The third-order valence-corrected chi connectivity index (χ3v) is 4.69. The van der Waals surface area contributed by atoms with E-state index in [0.717, 1.165) is 16.7 Å². The number of hydrogen-bond donors (Lipinski definition) is 3. The lowest BCUT2D eigenvalue weighted by Gasteiger charge is -2.24. The van der Waals surface area contributed by atoms with Gasteiger partial charge >= 0.3 is 11.8 Å². The van der Waals surface area contributed by atoms with Gasteiger partial charge in [0.05, 0.1) is 6.54 Å². The van der Waals surface area contributed by atoms with Crippen LogP contribution in [0.1, 0.15) is 18.1 Å². The molecule has 3 rings (SSSR count). The maximum absolute atomic E-state index is 12.1. The summed E-state index contributed by atoms with van der Waals surface area (Å²) >= 11 is 0.